The Balaban J connectivity index is 1.67. The van der Waals surface area contributed by atoms with E-state index in [1.807, 2.05) is 38.1 Å². The number of esters is 1. The van der Waals surface area contributed by atoms with E-state index in [0.29, 0.717) is 22.4 Å². The second-order valence-corrected chi connectivity index (χ2v) is 8.01. The zero-order valence-corrected chi connectivity index (χ0v) is 18.8. The molecule has 0 amide bonds. The molecule has 0 saturated heterocycles. The third kappa shape index (κ3) is 4.80. The van der Waals surface area contributed by atoms with Crippen LogP contribution in [0.25, 0.3) is 0 Å². The second kappa shape index (κ2) is 9.35. The number of Topliss-reactive ketones (excluding diaryl/α,β-unsaturated/α-hetero) is 1. The maximum absolute atomic E-state index is 12.8. The van der Waals surface area contributed by atoms with Gasteiger partial charge in [-0.2, -0.15) is 0 Å². The van der Waals surface area contributed by atoms with Crippen LogP contribution in [-0.4, -0.2) is 33.0 Å². The number of nitrogens with one attached hydrogen (secondary N) is 1. The lowest BCUT2D eigenvalue weighted by Gasteiger charge is -2.10. The maximum atomic E-state index is 12.8. The fourth-order valence-corrected chi connectivity index (χ4v) is 4.19. The van der Waals surface area contributed by atoms with Crippen LogP contribution < -0.4 is 0 Å². The second-order valence-electron chi connectivity index (χ2n) is 8.01. The number of benzene rings is 1. The van der Waals surface area contributed by atoms with Crippen LogP contribution in [0.4, 0.5) is 0 Å². The Labute approximate surface area is 182 Å². The number of carbonyl (C=O) groups is 2. The monoisotopic (exact) mass is 422 g/mol. The van der Waals surface area contributed by atoms with Crippen molar-refractivity contribution in [1.82, 2.24) is 9.55 Å². The molecule has 2 N–H and O–H groups in total. The quantitative estimate of drug-likeness (QED) is 0.417. The molecule has 0 unspecified atom stereocenters. The fourth-order valence-electron chi connectivity index (χ4n) is 4.19. The minimum absolute atomic E-state index is 0.232. The number of hydrogen-bond acceptors (Lipinski definition) is 4. The summed E-state index contributed by atoms with van der Waals surface area (Å²) in [5, 5.41) is 9.89. The van der Waals surface area contributed by atoms with Crippen molar-refractivity contribution in [3.63, 3.8) is 0 Å². The molecule has 6 heteroatoms. The number of nitrogens with zero attached hydrogens (tertiary/aromatic N) is 1. The molecule has 0 fully saturated rings. The van der Waals surface area contributed by atoms with Gasteiger partial charge in [0.1, 0.15) is 5.69 Å². The molecule has 0 radical (unpaired) electrons. The molecular formula is C25H30N2O4. The molecule has 2 aromatic heterocycles. The lowest BCUT2D eigenvalue weighted by atomic mass is 10.1. The van der Waals surface area contributed by atoms with Crippen LogP contribution in [0, 0.1) is 27.7 Å². The van der Waals surface area contributed by atoms with Gasteiger partial charge in [-0.1, -0.05) is 30.3 Å². The van der Waals surface area contributed by atoms with E-state index >= 15 is 0 Å². The van der Waals surface area contributed by atoms with Crippen molar-refractivity contribution in [3.8, 4) is 0 Å². The summed E-state index contributed by atoms with van der Waals surface area (Å²) in [5.41, 5.74) is 6.00. The van der Waals surface area contributed by atoms with Crippen molar-refractivity contribution >= 4 is 11.8 Å². The largest absolute Gasteiger partial charge is 0.453 e. The average Bonchev–Trinajstić information content (AvgIpc) is 3.19. The summed E-state index contributed by atoms with van der Waals surface area (Å²) >= 11 is 0. The molecule has 0 saturated carbocycles. The van der Waals surface area contributed by atoms with E-state index in [4.69, 9.17) is 4.74 Å². The molecule has 1 aromatic carbocycles. The molecule has 0 bridgehead atoms. The number of aliphatic hydroxyl groups is 1. The normalized spacial score (nSPS) is 12.1. The Kier molecular flexibility index (Phi) is 6.81. The van der Waals surface area contributed by atoms with Gasteiger partial charge in [0, 0.05) is 34.8 Å². The number of ketones is 1. The summed E-state index contributed by atoms with van der Waals surface area (Å²) in [5.74, 6) is -0.831. The van der Waals surface area contributed by atoms with Gasteiger partial charge in [-0.25, -0.2) is 4.79 Å². The number of aromatic nitrogens is 2. The van der Waals surface area contributed by atoms with E-state index < -0.39 is 12.1 Å². The first-order valence-electron chi connectivity index (χ1n) is 10.5. The van der Waals surface area contributed by atoms with E-state index in [1.54, 1.807) is 20.8 Å². The SMILES string of the molecule is Cc1[nH]c(C(=O)OCC(=O)c2cc(C)n(CCc3ccccc3)c2C)c(C)c1[C@@H](C)O. The van der Waals surface area contributed by atoms with Crippen molar-refractivity contribution < 1.29 is 19.4 Å². The number of hydrogen-bond donors (Lipinski definition) is 2. The molecule has 3 rings (SSSR count). The van der Waals surface area contributed by atoms with Crippen LogP contribution in [-0.2, 0) is 17.7 Å². The van der Waals surface area contributed by atoms with Gasteiger partial charge in [0.15, 0.2) is 6.61 Å². The van der Waals surface area contributed by atoms with E-state index in [9.17, 15) is 14.7 Å². The molecule has 0 aliphatic rings. The van der Waals surface area contributed by atoms with Crippen molar-refractivity contribution in [2.24, 2.45) is 0 Å². The van der Waals surface area contributed by atoms with E-state index in [0.717, 1.165) is 24.4 Å². The molecule has 2 heterocycles. The fraction of sp³-hybridized carbons (Fsp3) is 0.360. The molecule has 0 spiro atoms. The van der Waals surface area contributed by atoms with Crippen molar-refractivity contribution in [2.45, 2.75) is 53.7 Å². The first-order chi connectivity index (χ1) is 14.7. The number of aliphatic hydroxyl groups excluding tert-OH is 1. The summed E-state index contributed by atoms with van der Waals surface area (Å²) in [6.07, 6.45) is 0.178. The molecule has 3 aromatic rings. The number of rotatable bonds is 8. The smallest absolute Gasteiger partial charge is 0.355 e. The number of carbonyl (C=O) groups excluding carboxylic acids is 2. The number of aryl methyl sites for hydroxylation is 3. The van der Waals surface area contributed by atoms with Gasteiger partial charge < -0.3 is 19.4 Å². The summed E-state index contributed by atoms with van der Waals surface area (Å²) < 4.78 is 7.42. The summed E-state index contributed by atoms with van der Waals surface area (Å²) in [6.45, 7) is 9.53. The predicted octanol–water partition coefficient (Wildman–Crippen LogP) is 4.39. The van der Waals surface area contributed by atoms with Crippen LogP contribution in [0.15, 0.2) is 36.4 Å². The first kappa shape index (κ1) is 22.6. The van der Waals surface area contributed by atoms with Gasteiger partial charge in [0.05, 0.1) is 6.10 Å². The standard InChI is InChI=1S/C25H30N2O4/c1-15-13-21(18(4)27(15)12-11-20-9-7-6-8-10-20)22(29)14-31-25(30)24-16(2)23(19(5)28)17(3)26-24/h6-10,13,19,26,28H,11-12,14H2,1-5H3/t19-/m1/s1. The van der Waals surface area contributed by atoms with Crippen LogP contribution in [0.5, 0.6) is 0 Å². The van der Waals surface area contributed by atoms with Crippen LogP contribution in [0.1, 0.15) is 67.6 Å². The average molecular weight is 423 g/mol. The highest BCUT2D eigenvalue weighted by Crippen LogP contribution is 2.25. The highest BCUT2D eigenvalue weighted by Gasteiger charge is 2.23. The number of H-pyrrole nitrogens is 1. The van der Waals surface area contributed by atoms with Crippen LogP contribution in [0.2, 0.25) is 0 Å². The van der Waals surface area contributed by atoms with Gasteiger partial charge >= 0.3 is 5.97 Å². The van der Waals surface area contributed by atoms with Gasteiger partial charge in [-0.3, -0.25) is 4.79 Å². The van der Waals surface area contributed by atoms with Gasteiger partial charge in [-0.15, -0.1) is 0 Å². The first-order valence-corrected chi connectivity index (χ1v) is 10.5. The van der Waals surface area contributed by atoms with E-state index in [-0.39, 0.29) is 18.1 Å². The van der Waals surface area contributed by atoms with Crippen LogP contribution in [0.3, 0.4) is 0 Å². The van der Waals surface area contributed by atoms with E-state index in [2.05, 4.69) is 21.7 Å². The van der Waals surface area contributed by atoms with Gasteiger partial charge in [0.2, 0.25) is 5.78 Å². The molecule has 164 valence electrons. The van der Waals surface area contributed by atoms with Crippen molar-refractivity contribution in [2.75, 3.05) is 6.61 Å². The topological polar surface area (TPSA) is 84.3 Å². The third-order valence-electron chi connectivity index (χ3n) is 5.79. The molecule has 0 aliphatic carbocycles. The zero-order valence-electron chi connectivity index (χ0n) is 18.8. The highest BCUT2D eigenvalue weighted by atomic mass is 16.5. The molecule has 1 atom stereocenters. The lowest BCUT2D eigenvalue weighted by molar-refractivity contribution is 0.0468. The van der Waals surface area contributed by atoms with Gasteiger partial charge in [-0.05, 0) is 58.2 Å². The lowest BCUT2D eigenvalue weighted by Crippen LogP contribution is -2.16. The highest BCUT2D eigenvalue weighted by molar-refractivity contribution is 6.00. The van der Waals surface area contributed by atoms with Crippen LogP contribution >= 0.6 is 0 Å². The van der Waals surface area contributed by atoms with Crippen molar-refractivity contribution in [1.29, 1.82) is 0 Å². The summed E-state index contributed by atoms with van der Waals surface area (Å²) in [7, 11) is 0. The third-order valence-corrected chi connectivity index (χ3v) is 5.79. The minimum Gasteiger partial charge on any atom is -0.453 e. The van der Waals surface area contributed by atoms with Crippen molar-refractivity contribution in [3.05, 3.63) is 81.4 Å². The summed E-state index contributed by atoms with van der Waals surface area (Å²) in [4.78, 5) is 28.2. The predicted molar refractivity (Wildman–Crippen MR) is 120 cm³/mol. The Morgan fingerprint density at radius 2 is 1.81 bits per heavy atom. The Hall–Kier alpha value is -3.12. The molecule has 0 aliphatic heterocycles. The molecule has 31 heavy (non-hydrogen) atoms. The maximum Gasteiger partial charge on any atom is 0.355 e. The summed E-state index contributed by atoms with van der Waals surface area (Å²) in [6, 6.07) is 12.1. The number of ether oxygens (including phenoxy) is 1. The molecular weight excluding hydrogens is 392 g/mol. The Bertz CT molecular complexity index is 1090. The molecule has 6 nitrogen and oxygen atoms in total. The zero-order chi connectivity index (χ0) is 22.7. The Morgan fingerprint density at radius 1 is 1.13 bits per heavy atom. The number of aromatic amines is 1. The minimum atomic E-state index is -0.694. The van der Waals surface area contributed by atoms with Gasteiger partial charge in [0.25, 0.3) is 0 Å². The van der Waals surface area contributed by atoms with E-state index in [1.165, 1.54) is 5.56 Å². The Morgan fingerprint density at radius 3 is 2.42 bits per heavy atom.